The van der Waals surface area contributed by atoms with Crippen molar-refractivity contribution in [2.45, 2.75) is 45.3 Å². The Morgan fingerprint density at radius 3 is 2.95 bits per heavy atom. The third-order valence-corrected chi connectivity index (χ3v) is 3.32. The van der Waals surface area contributed by atoms with E-state index in [1.165, 1.54) is 0 Å². The van der Waals surface area contributed by atoms with Gasteiger partial charge in [-0.1, -0.05) is 0 Å². The first-order valence-electron chi connectivity index (χ1n) is 6.32. The number of imidazole rings is 1. The molecular weight excluding hydrogens is 312 g/mol. The number of aromatic amines is 1. The highest BCUT2D eigenvalue weighted by Gasteiger charge is 2.34. The molecule has 2 rings (SSSR count). The van der Waals surface area contributed by atoms with Gasteiger partial charge >= 0.3 is 6.09 Å². The lowest BCUT2D eigenvalue weighted by atomic mass is 10.2. The van der Waals surface area contributed by atoms with Crippen LogP contribution in [-0.2, 0) is 4.74 Å². The maximum Gasteiger partial charge on any atom is 0.410 e. The van der Waals surface area contributed by atoms with Crippen molar-refractivity contribution in [1.82, 2.24) is 14.9 Å². The van der Waals surface area contributed by atoms with Gasteiger partial charge < -0.3 is 14.1 Å². The molecule has 0 aliphatic carbocycles. The lowest BCUT2D eigenvalue weighted by Crippen LogP contribution is -2.36. The number of nitrogens with one attached hydrogen (secondary N) is 2. The topological polar surface area (TPSA) is 70.2 Å². The molecule has 1 atom stereocenters. The summed E-state index contributed by atoms with van der Waals surface area (Å²) in [6, 6.07) is -0.0375. The predicted octanol–water partition coefficient (Wildman–Crippen LogP) is 3.20. The highest BCUT2D eigenvalue weighted by atomic mass is 79.9. The first-order valence-corrected chi connectivity index (χ1v) is 7.11. The summed E-state index contributed by atoms with van der Waals surface area (Å²) in [4.78, 5) is 21.3. The number of H-pyrrole nitrogens is 1. The molecule has 0 radical (unpaired) electrons. The molecule has 0 unspecified atom stereocenters. The van der Waals surface area contributed by atoms with E-state index in [9.17, 15) is 4.79 Å². The molecular formula is C12H19BrN4O2. The van der Waals surface area contributed by atoms with Crippen LogP contribution >= 0.6 is 16.1 Å². The Hall–Kier alpha value is -1.24. The monoisotopic (exact) mass is 330 g/mol. The second-order valence-corrected chi connectivity index (χ2v) is 6.00. The summed E-state index contributed by atoms with van der Waals surface area (Å²) >= 11 is 3.14. The number of carbonyl (C=O) groups excluding carboxylic acids is 1. The highest BCUT2D eigenvalue weighted by Crippen LogP contribution is 2.32. The van der Waals surface area contributed by atoms with Crippen LogP contribution in [0.3, 0.4) is 0 Å². The zero-order valence-electron chi connectivity index (χ0n) is 11.4. The van der Waals surface area contributed by atoms with Gasteiger partial charge in [0, 0.05) is 22.7 Å². The second kappa shape index (κ2) is 5.40. The van der Waals surface area contributed by atoms with Crippen LogP contribution in [0.5, 0.6) is 0 Å². The summed E-state index contributed by atoms with van der Waals surface area (Å²) in [5.74, 6) is 1.55. The molecule has 0 bridgehead atoms. The van der Waals surface area contributed by atoms with Gasteiger partial charge in [0.1, 0.15) is 17.2 Å². The molecule has 2 heterocycles. The van der Waals surface area contributed by atoms with Gasteiger partial charge in [-0.25, -0.2) is 9.78 Å². The number of amides is 1. The molecule has 106 valence electrons. The van der Waals surface area contributed by atoms with Gasteiger partial charge in [0.15, 0.2) is 0 Å². The van der Waals surface area contributed by atoms with Gasteiger partial charge in [0.25, 0.3) is 0 Å². The quantitative estimate of drug-likeness (QED) is 0.817. The smallest absolute Gasteiger partial charge is 0.410 e. The summed E-state index contributed by atoms with van der Waals surface area (Å²) < 4.78 is 8.24. The summed E-state index contributed by atoms with van der Waals surface area (Å²) in [6.07, 6.45) is 3.27. The number of nitrogens with zero attached hydrogens (tertiary/aromatic N) is 2. The number of halogens is 1. The molecule has 7 heteroatoms. The van der Waals surface area contributed by atoms with E-state index in [0.717, 1.165) is 24.5 Å². The zero-order valence-corrected chi connectivity index (χ0v) is 13.0. The SMILES string of the molecule is CC(C)(C)OC(=O)N1CCC[C@H]1c1ncc(NBr)[nH]1. The van der Waals surface area contributed by atoms with Crippen LogP contribution in [0.1, 0.15) is 45.5 Å². The Bertz CT molecular complexity index is 455. The Labute approximate surface area is 121 Å². The number of hydrogen-bond donors (Lipinski definition) is 2. The van der Waals surface area contributed by atoms with Gasteiger partial charge in [-0.05, 0) is 33.6 Å². The molecule has 1 fully saturated rings. The molecule has 1 aromatic rings. The van der Waals surface area contributed by atoms with E-state index in [1.54, 1.807) is 11.1 Å². The number of aromatic nitrogens is 2. The molecule has 0 spiro atoms. The standard InChI is InChI=1S/C12H19BrN4O2/c1-12(2,3)19-11(18)17-6-4-5-8(17)10-14-7-9(15-10)16-13/h7-8,16H,4-6H2,1-3H3,(H,14,15)/t8-/m0/s1. The van der Waals surface area contributed by atoms with Crippen LogP contribution in [-0.4, -0.2) is 33.1 Å². The minimum absolute atomic E-state index is 0.0375. The largest absolute Gasteiger partial charge is 0.444 e. The average molecular weight is 331 g/mol. The number of ether oxygens (including phenoxy) is 1. The fourth-order valence-electron chi connectivity index (χ4n) is 2.14. The van der Waals surface area contributed by atoms with E-state index in [2.05, 4.69) is 30.5 Å². The average Bonchev–Trinajstić information content (AvgIpc) is 2.95. The summed E-state index contributed by atoms with van der Waals surface area (Å²) in [6.45, 7) is 6.32. The lowest BCUT2D eigenvalue weighted by Gasteiger charge is -2.27. The maximum absolute atomic E-state index is 12.2. The van der Waals surface area contributed by atoms with Crippen molar-refractivity contribution in [3.05, 3.63) is 12.0 Å². The van der Waals surface area contributed by atoms with Crippen LogP contribution in [0, 0.1) is 0 Å². The molecule has 6 nitrogen and oxygen atoms in total. The lowest BCUT2D eigenvalue weighted by molar-refractivity contribution is 0.0219. The summed E-state index contributed by atoms with van der Waals surface area (Å²) in [7, 11) is 0. The van der Waals surface area contributed by atoms with Gasteiger partial charge in [-0.15, -0.1) is 0 Å². The molecule has 19 heavy (non-hydrogen) atoms. The Morgan fingerprint density at radius 2 is 2.37 bits per heavy atom. The van der Waals surface area contributed by atoms with Crippen molar-refractivity contribution in [2.24, 2.45) is 0 Å². The molecule has 1 amide bonds. The molecule has 2 N–H and O–H groups in total. The van der Waals surface area contributed by atoms with E-state index < -0.39 is 5.60 Å². The third kappa shape index (κ3) is 3.40. The summed E-state index contributed by atoms with van der Waals surface area (Å²) in [5, 5.41) is 0. The number of likely N-dealkylation sites (tertiary alicyclic amines) is 1. The van der Waals surface area contributed by atoms with Crippen LogP contribution in [0.15, 0.2) is 6.20 Å². The van der Waals surface area contributed by atoms with E-state index in [0.29, 0.717) is 6.54 Å². The first kappa shape index (κ1) is 14.2. The molecule has 1 aliphatic heterocycles. The Kier molecular flexibility index (Phi) is 4.03. The zero-order chi connectivity index (χ0) is 14.0. The fraction of sp³-hybridized carbons (Fsp3) is 0.667. The van der Waals surface area contributed by atoms with Crippen molar-refractivity contribution in [3.63, 3.8) is 0 Å². The van der Waals surface area contributed by atoms with Gasteiger partial charge in [0.2, 0.25) is 0 Å². The maximum atomic E-state index is 12.2. The Morgan fingerprint density at radius 1 is 1.63 bits per heavy atom. The Balaban J connectivity index is 2.10. The number of anilines is 1. The van der Waals surface area contributed by atoms with E-state index in [4.69, 9.17) is 4.74 Å². The van der Waals surface area contributed by atoms with Gasteiger partial charge in [0.05, 0.1) is 12.2 Å². The van der Waals surface area contributed by atoms with Gasteiger partial charge in [-0.3, -0.25) is 4.90 Å². The molecule has 0 saturated carbocycles. The number of hydrogen-bond acceptors (Lipinski definition) is 4. The van der Waals surface area contributed by atoms with Crippen LogP contribution in [0.4, 0.5) is 10.6 Å². The van der Waals surface area contributed by atoms with Gasteiger partial charge in [-0.2, -0.15) is 0 Å². The van der Waals surface area contributed by atoms with E-state index in [-0.39, 0.29) is 12.1 Å². The summed E-state index contributed by atoms with van der Waals surface area (Å²) in [5.41, 5.74) is -0.476. The minimum Gasteiger partial charge on any atom is -0.444 e. The van der Waals surface area contributed by atoms with Crippen LogP contribution < -0.4 is 4.34 Å². The van der Waals surface area contributed by atoms with E-state index >= 15 is 0 Å². The highest BCUT2D eigenvalue weighted by molar-refractivity contribution is 9.10. The van der Waals surface area contributed by atoms with Crippen molar-refractivity contribution in [3.8, 4) is 0 Å². The van der Waals surface area contributed by atoms with Crippen molar-refractivity contribution in [2.75, 3.05) is 10.9 Å². The third-order valence-electron chi connectivity index (χ3n) is 2.89. The second-order valence-electron chi connectivity index (χ2n) is 5.61. The predicted molar refractivity (Wildman–Crippen MR) is 76.1 cm³/mol. The molecule has 1 saturated heterocycles. The van der Waals surface area contributed by atoms with Crippen LogP contribution in [0.2, 0.25) is 0 Å². The normalized spacial score (nSPS) is 19.6. The first-order chi connectivity index (χ1) is 8.90. The van der Waals surface area contributed by atoms with Crippen molar-refractivity contribution < 1.29 is 9.53 Å². The molecule has 0 aromatic carbocycles. The minimum atomic E-state index is -0.476. The van der Waals surface area contributed by atoms with Crippen molar-refractivity contribution >= 4 is 28.1 Å². The van der Waals surface area contributed by atoms with E-state index in [1.807, 2.05) is 20.8 Å². The fourth-order valence-corrected chi connectivity index (χ4v) is 2.35. The van der Waals surface area contributed by atoms with Crippen molar-refractivity contribution in [1.29, 1.82) is 0 Å². The molecule has 1 aromatic heterocycles. The number of carbonyl (C=O) groups is 1. The molecule has 1 aliphatic rings. The number of rotatable bonds is 2. The van der Waals surface area contributed by atoms with Crippen LogP contribution in [0.25, 0.3) is 0 Å².